The fourth-order valence-corrected chi connectivity index (χ4v) is 4.10. The Morgan fingerprint density at radius 2 is 1.38 bits per heavy atom. The number of carboxylic acids is 1. The molecular weight excluding hydrogens is 516 g/mol. The maximum atomic E-state index is 13.5. The first-order valence-corrected chi connectivity index (χ1v) is 13.6. The zero-order valence-corrected chi connectivity index (χ0v) is 22.7. The number of nitrogens with one attached hydrogen (secondary N) is 4. The average Bonchev–Trinajstić information content (AvgIpc) is 3.45. The smallest absolute Gasteiger partial charge is 0.326 e. The highest BCUT2D eigenvalue weighted by Gasteiger charge is 2.31. The number of carbonyl (C=O) groups is 4. The molecule has 13 nitrogen and oxygen atoms in total. The van der Waals surface area contributed by atoms with E-state index < -0.39 is 47.9 Å². The fourth-order valence-electron chi connectivity index (χ4n) is 4.10. The van der Waals surface area contributed by atoms with E-state index in [9.17, 15) is 24.3 Å². The van der Waals surface area contributed by atoms with Crippen LogP contribution in [0.2, 0.25) is 0 Å². The molecule has 2 aromatic rings. The minimum absolute atomic E-state index is 0.0251. The Balaban J connectivity index is 2.21. The number of carbonyl (C=O) groups excluding carboxylic acids is 3. The van der Waals surface area contributed by atoms with Crippen molar-refractivity contribution in [2.45, 2.75) is 75.5 Å². The van der Waals surface area contributed by atoms with Crippen LogP contribution < -0.4 is 33.2 Å². The molecule has 0 fully saturated rings. The SMILES string of the molecule is NCCCCC(N)C(=O)NC(Cc1ccccc1)C(=O)NC(Cc1cnc[nH]1)C(=O)NC(CCCCN)C(=O)O. The highest BCUT2D eigenvalue weighted by molar-refractivity contribution is 5.94. The molecular formula is C27H42N8O5. The van der Waals surface area contributed by atoms with Crippen molar-refractivity contribution in [2.24, 2.45) is 17.2 Å². The van der Waals surface area contributed by atoms with Gasteiger partial charge in [-0.3, -0.25) is 14.4 Å². The van der Waals surface area contributed by atoms with Gasteiger partial charge in [0.1, 0.15) is 18.1 Å². The summed E-state index contributed by atoms with van der Waals surface area (Å²) >= 11 is 0. The van der Waals surface area contributed by atoms with E-state index in [1.807, 2.05) is 30.3 Å². The van der Waals surface area contributed by atoms with Crippen LogP contribution in [-0.4, -0.2) is 76.0 Å². The number of hydrogen-bond donors (Lipinski definition) is 8. The molecule has 4 atom stereocenters. The Morgan fingerprint density at radius 1 is 0.800 bits per heavy atom. The first-order chi connectivity index (χ1) is 19.2. The van der Waals surface area contributed by atoms with Crippen molar-refractivity contribution < 1.29 is 24.3 Å². The summed E-state index contributed by atoms with van der Waals surface area (Å²) in [6, 6.07) is 4.96. The lowest BCUT2D eigenvalue weighted by molar-refractivity contribution is -0.142. The maximum Gasteiger partial charge on any atom is 0.326 e. The summed E-state index contributed by atoms with van der Waals surface area (Å²) < 4.78 is 0. The van der Waals surface area contributed by atoms with Crippen LogP contribution in [0.1, 0.15) is 49.8 Å². The third kappa shape index (κ3) is 11.5. The van der Waals surface area contributed by atoms with E-state index in [0.717, 1.165) is 12.0 Å². The summed E-state index contributed by atoms with van der Waals surface area (Å²) in [5.74, 6) is -2.96. The topological polar surface area (TPSA) is 231 Å². The number of carboxylic acid groups (broad SMARTS) is 1. The number of H-pyrrole nitrogens is 1. The van der Waals surface area contributed by atoms with Crippen molar-refractivity contribution in [2.75, 3.05) is 13.1 Å². The Bertz CT molecular complexity index is 1050. The van der Waals surface area contributed by atoms with E-state index in [2.05, 4.69) is 25.9 Å². The van der Waals surface area contributed by atoms with Crippen molar-refractivity contribution in [1.29, 1.82) is 0 Å². The van der Waals surface area contributed by atoms with Gasteiger partial charge in [0.2, 0.25) is 17.7 Å². The molecule has 1 aromatic heterocycles. The number of nitrogens with two attached hydrogens (primary N) is 3. The van der Waals surface area contributed by atoms with E-state index in [1.54, 1.807) is 0 Å². The predicted octanol–water partition coefficient (Wildman–Crippen LogP) is -0.681. The van der Waals surface area contributed by atoms with Crippen LogP contribution in [-0.2, 0) is 32.0 Å². The number of hydrogen-bond acceptors (Lipinski definition) is 8. The second kappa shape index (κ2) is 17.7. The van der Waals surface area contributed by atoms with Crippen molar-refractivity contribution in [3.05, 3.63) is 54.1 Å². The molecule has 11 N–H and O–H groups in total. The van der Waals surface area contributed by atoms with E-state index in [4.69, 9.17) is 17.2 Å². The fraction of sp³-hybridized carbons (Fsp3) is 0.519. The second-order valence-corrected chi connectivity index (χ2v) is 9.67. The molecule has 0 aliphatic heterocycles. The van der Waals surface area contributed by atoms with Crippen LogP contribution in [0.3, 0.4) is 0 Å². The predicted molar refractivity (Wildman–Crippen MR) is 150 cm³/mol. The molecule has 0 bridgehead atoms. The molecule has 2 rings (SSSR count). The lowest BCUT2D eigenvalue weighted by Crippen LogP contribution is -2.58. The quantitative estimate of drug-likeness (QED) is 0.102. The zero-order valence-electron chi connectivity index (χ0n) is 22.7. The highest BCUT2D eigenvalue weighted by atomic mass is 16.4. The van der Waals surface area contributed by atoms with Crippen molar-refractivity contribution in [1.82, 2.24) is 25.9 Å². The van der Waals surface area contributed by atoms with Crippen molar-refractivity contribution in [3.8, 4) is 0 Å². The minimum atomic E-state index is -1.19. The van der Waals surface area contributed by atoms with E-state index in [-0.39, 0.29) is 19.3 Å². The summed E-state index contributed by atoms with van der Waals surface area (Å²) in [4.78, 5) is 58.2. The highest BCUT2D eigenvalue weighted by Crippen LogP contribution is 2.08. The Morgan fingerprint density at radius 3 is 1.95 bits per heavy atom. The number of aromatic nitrogens is 2. The first kappa shape index (κ1) is 32.4. The number of amides is 3. The van der Waals surface area contributed by atoms with Crippen LogP contribution in [0.5, 0.6) is 0 Å². The summed E-state index contributed by atoms with van der Waals surface area (Å²) in [6.45, 7) is 0.896. The van der Waals surface area contributed by atoms with Gasteiger partial charge in [-0.05, 0) is 50.8 Å². The molecule has 0 spiro atoms. The van der Waals surface area contributed by atoms with Crippen molar-refractivity contribution >= 4 is 23.7 Å². The largest absolute Gasteiger partial charge is 0.480 e. The van der Waals surface area contributed by atoms with Gasteiger partial charge < -0.3 is 43.2 Å². The van der Waals surface area contributed by atoms with Crippen LogP contribution in [0.4, 0.5) is 0 Å². The van der Waals surface area contributed by atoms with E-state index in [1.165, 1.54) is 12.5 Å². The molecule has 0 radical (unpaired) electrons. The standard InChI is InChI=1S/C27H42N8O5/c28-12-6-4-10-20(30)24(36)34-22(14-18-8-2-1-3-9-18)25(37)35-23(15-19-16-31-17-32-19)26(38)33-21(27(39)40)11-5-7-13-29/h1-3,8-9,16-17,20-23H,4-7,10-15,28-30H2,(H,31,32)(H,33,38)(H,34,36)(H,35,37)(H,39,40). The van der Waals surface area contributed by atoms with Gasteiger partial charge in [-0.1, -0.05) is 36.8 Å². The van der Waals surface area contributed by atoms with E-state index >= 15 is 0 Å². The molecule has 1 heterocycles. The lowest BCUT2D eigenvalue weighted by atomic mass is 10.0. The molecule has 3 amide bonds. The van der Waals surface area contributed by atoms with Gasteiger partial charge in [0, 0.05) is 24.7 Å². The average molecular weight is 559 g/mol. The number of aromatic amines is 1. The molecule has 220 valence electrons. The summed E-state index contributed by atoms with van der Waals surface area (Å²) in [6.07, 6.45) is 6.25. The first-order valence-electron chi connectivity index (χ1n) is 13.6. The summed E-state index contributed by atoms with van der Waals surface area (Å²) in [5, 5.41) is 17.6. The monoisotopic (exact) mass is 558 g/mol. The Hall–Kier alpha value is -3.81. The van der Waals surface area contributed by atoms with Gasteiger partial charge in [-0.2, -0.15) is 0 Å². The normalized spacial score (nSPS) is 14.0. The molecule has 0 saturated heterocycles. The molecule has 40 heavy (non-hydrogen) atoms. The van der Waals surface area contributed by atoms with Gasteiger partial charge in [-0.25, -0.2) is 9.78 Å². The van der Waals surface area contributed by atoms with Gasteiger partial charge in [0.15, 0.2) is 0 Å². The lowest BCUT2D eigenvalue weighted by Gasteiger charge is -2.25. The number of unbranched alkanes of at least 4 members (excludes halogenated alkanes) is 2. The van der Waals surface area contributed by atoms with E-state index in [0.29, 0.717) is 44.5 Å². The number of aliphatic carboxylic acids is 1. The van der Waals surface area contributed by atoms with Crippen LogP contribution in [0, 0.1) is 0 Å². The van der Waals surface area contributed by atoms with Crippen LogP contribution >= 0.6 is 0 Å². The zero-order chi connectivity index (χ0) is 29.3. The van der Waals surface area contributed by atoms with Crippen LogP contribution in [0.15, 0.2) is 42.9 Å². The second-order valence-electron chi connectivity index (χ2n) is 9.67. The van der Waals surface area contributed by atoms with Crippen molar-refractivity contribution in [3.63, 3.8) is 0 Å². The maximum absolute atomic E-state index is 13.5. The molecule has 0 saturated carbocycles. The number of nitrogens with zero attached hydrogens (tertiary/aromatic N) is 1. The van der Waals surface area contributed by atoms with Gasteiger partial charge >= 0.3 is 5.97 Å². The third-order valence-electron chi connectivity index (χ3n) is 6.40. The summed E-state index contributed by atoms with van der Waals surface area (Å²) in [5.41, 5.74) is 18.4. The number of rotatable bonds is 19. The molecule has 4 unspecified atom stereocenters. The number of benzene rings is 1. The molecule has 13 heteroatoms. The van der Waals surface area contributed by atoms with Gasteiger partial charge in [0.25, 0.3) is 0 Å². The Labute approximate surface area is 234 Å². The number of imidazole rings is 1. The molecule has 1 aromatic carbocycles. The minimum Gasteiger partial charge on any atom is -0.480 e. The van der Waals surface area contributed by atoms with Gasteiger partial charge in [0.05, 0.1) is 12.4 Å². The van der Waals surface area contributed by atoms with Gasteiger partial charge in [-0.15, -0.1) is 0 Å². The van der Waals surface area contributed by atoms with Crippen LogP contribution in [0.25, 0.3) is 0 Å². The third-order valence-corrected chi connectivity index (χ3v) is 6.40. The molecule has 0 aliphatic carbocycles. The molecule has 0 aliphatic rings. The Kier molecular flexibility index (Phi) is 14.3. The summed E-state index contributed by atoms with van der Waals surface area (Å²) in [7, 11) is 0.